The third-order valence-corrected chi connectivity index (χ3v) is 7.08. The predicted octanol–water partition coefficient (Wildman–Crippen LogP) is 9.93. The summed E-state index contributed by atoms with van der Waals surface area (Å²) in [5.41, 5.74) is 4.59. The summed E-state index contributed by atoms with van der Waals surface area (Å²) >= 11 is 0. The van der Waals surface area contributed by atoms with Crippen molar-refractivity contribution >= 4 is 5.57 Å². The number of unbranched alkanes of at least 4 members (excludes halogenated alkanes) is 1. The monoisotopic (exact) mass is 474 g/mol. The average Bonchev–Trinajstić information content (AvgIpc) is 2.88. The Morgan fingerprint density at radius 2 is 1.60 bits per heavy atom. The van der Waals surface area contributed by atoms with Crippen LogP contribution < -0.4 is 0 Å². The average molecular weight is 475 g/mol. The summed E-state index contributed by atoms with van der Waals surface area (Å²) in [4.78, 5) is 0. The molecule has 182 valence electrons. The highest BCUT2D eigenvalue weighted by molar-refractivity contribution is 5.74. The molecule has 1 unspecified atom stereocenters. The zero-order valence-electron chi connectivity index (χ0n) is 20.4. The van der Waals surface area contributed by atoms with E-state index < -0.39 is 11.6 Å². The lowest BCUT2D eigenvalue weighted by molar-refractivity contribution is 0.444. The van der Waals surface area contributed by atoms with Gasteiger partial charge in [-0.15, -0.1) is 6.58 Å². The van der Waals surface area contributed by atoms with Crippen molar-refractivity contribution < 1.29 is 13.2 Å². The van der Waals surface area contributed by atoms with E-state index in [1.165, 1.54) is 12.8 Å². The van der Waals surface area contributed by atoms with E-state index in [0.29, 0.717) is 23.1 Å². The van der Waals surface area contributed by atoms with E-state index in [2.05, 4.69) is 19.6 Å². The fourth-order valence-electron chi connectivity index (χ4n) is 5.04. The Kier molecular flexibility index (Phi) is 8.28. The summed E-state index contributed by atoms with van der Waals surface area (Å²) in [5, 5.41) is 0. The first-order chi connectivity index (χ1) is 17.0. The first-order valence-electron chi connectivity index (χ1n) is 12.7. The second-order valence-electron chi connectivity index (χ2n) is 9.51. The SMILES string of the molecule is C=CCCCc1ccc(-c2ccc(-c3ccc(C4=CCC(CCC)CC4)c(F)c3)cc2)c(F)c1F. The minimum Gasteiger partial charge on any atom is -0.206 e. The largest absolute Gasteiger partial charge is 0.206 e. The van der Waals surface area contributed by atoms with Gasteiger partial charge in [0.05, 0.1) is 0 Å². The Hall–Kier alpha value is -3.07. The van der Waals surface area contributed by atoms with Gasteiger partial charge in [-0.05, 0) is 78.3 Å². The molecule has 0 nitrogen and oxygen atoms in total. The lowest BCUT2D eigenvalue weighted by atomic mass is 9.84. The maximum Gasteiger partial charge on any atom is 0.166 e. The molecular formula is C32H33F3. The standard InChI is InChI=1S/C32H33F3/c1-3-5-6-8-26-17-20-29(32(35)31(26)34)25-15-13-23(14-16-25)27-18-19-28(30(33)21-27)24-11-9-22(7-4-2)10-12-24/h3,11,13-22H,1,4-10,12H2,2H3. The molecule has 3 aromatic carbocycles. The molecule has 0 amide bonds. The molecule has 0 spiro atoms. The summed E-state index contributed by atoms with van der Waals surface area (Å²) in [7, 11) is 0. The Morgan fingerprint density at radius 1 is 0.886 bits per heavy atom. The van der Waals surface area contributed by atoms with Crippen LogP contribution in [-0.4, -0.2) is 0 Å². The number of aryl methyl sites for hydroxylation is 1. The summed E-state index contributed by atoms with van der Waals surface area (Å²) < 4.78 is 44.4. The van der Waals surface area contributed by atoms with Gasteiger partial charge in [0.25, 0.3) is 0 Å². The Labute approximate surface area is 207 Å². The minimum absolute atomic E-state index is 0.216. The fraction of sp³-hybridized carbons (Fsp3) is 0.312. The maximum atomic E-state index is 15.0. The molecular weight excluding hydrogens is 441 g/mol. The number of benzene rings is 3. The lowest BCUT2D eigenvalue weighted by Crippen LogP contribution is -2.05. The van der Waals surface area contributed by atoms with Gasteiger partial charge < -0.3 is 0 Å². The van der Waals surface area contributed by atoms with Crippen molar-refractivity contribution in [3.8, 4) is 22.3 Å². The molecule has 0 saturated heterocycles. The molecule has 0 aromatic heterocycles. The van der Waals surface area contributed by atoms with Crippen LogP contribution in [0, 0.1) is 23.4 Å². The number of hydrogen-bond donors (Lipinski definition) is 0. The van der Waals surface area contributed by atoms with Crippen LogP contribution in [0.25, 0.3) is 27.8 Å². The fourth-order valence-corrected chi connectivity index (χ4v) is 5.04. The quantitative estimate of drug-likeness (QED) is 0.214. The maximum absolute atomic E-state index is 15.0. The Bertz CT molecular complexity index is 1200. The summed E-state index contributed by atoms with van der Waals surface area (Å²) in [6, 6.07) is 15.8. The van der Waals surface area contributed by atoms with Gasteiger partial charge in [0.1, 0.15) is 5.82 Å². The van der Waals surface area contributed by atoms with Crippen molar-refractivity contribution in [3.63, 3.8) is 0 Å². The van der Waals surface area contributed by atoms with Crippen LogP contribution in [0.2, 0.25) is 0 Å². The van der Waals surface area contributed by atoms with E-state index in [4.69, 9.17) is 0 Å². The van der Waals surface area contributed by atoms with Gasteiger partial charge in [0, 0.05) is 11.1 Å². The predicted molar refractivity (Wildman–Crippen MR) is 141 cm³/mol. The highest BCUT2D eigenvalue weighted by Gasteiger charge is 2.18. The first kappa shape index (κ1) is 25.0. The summed E-state index contributed by atoms with van der Waals surface area (Å²) in [5.74, 6) is -1.11. The van der Waals surface area contributed by atoms with Crippen molar-refractivity contribution in [2.75, 3.05) is 0 Å². The molecule has 3 heteroatoms. The van der Waals surface area contributed by atoms with Crippen LogP contribution in [0.15, 0.2) is 73.3 Å². The summed E-state index contributed by atoms with van der Waals surface area (Å²) in [6.45, 7) is 5.87. The van der Waals surface area contributed by atoms with E-state index >= 15 is 4.39 Å². The molecule has 0 heterocycles. The normalized spacial score (nSPS) is 15.7. The molecule has 0 aliphatic heterocycles. The molecule has 0 fully saturated rings. The second kappa shape index (κ2) is 11.6. The molecule has 0 saturated carbocycles. The molecule has 0 bridgehead atoms. The van der Waals surface area contributed by atoms with Crippen LogP contribution in [0.4, 0.5) is 13.2 Å². The molecule has 4 rings (SSSR count). The zero-order chi connectivity index (χ0) is 24.8. The summed E-state index contributed by atoms with van der Waals surface area (Å²) in [6.07, 6.45) is 11.5. The third kappa shape index (κ3) is 5.78. The van der Waals surface area contributed by atoms with Crippen LogP contribution in [0.5, 0.6) is 0 Å². The van der Waals surface area contributed by atoms with E-state index in [9.17, 15) is 8.78 Å². The topological polar surface area (TPSA) is 0 Å². The Balaban J connectivity index is 1.51. The van der Waals surface area contributed by atoms with Crippen molar-refractivity contribution in [3.05, 3.63) is 102 Å². The van der Waals surface area contributed by atoms with Gasteiger partial charge in [-0.1, -0.05) is 80.4 Å². The number of hydrogen-bond acceptors (Lipinski definition) is 0. The molecule has 1 aliphatic rings. The lowest BCUT2D eigenvalue weighted by Gasteiger charge is -2.22. The van der Waals surface area contributed by atoms with Crippen molar-refractivity contribution in [1.82, 2.24) is 0 Å². The van der Waals surface area contributed by atoms with Crippen molar-refractivity contribution in [1.29, 1.82) is 0 Å². The van der Waals surface area contributed by atoms with Gasteiger partial charge in [0.2, 0.25) is 0 Å². The van der Waals surface area contributed by atoms with Gasteiger partial charge in [-0.25, -0.2) is 13.2 Å². The number of halogens is 3. The van der Waals surface area contributed by atoms with E-state index in [1.54, 1.807) is 36.4 Å². The number of rotatable bonds is 9. The molecule has 3 aromatic rings. The van der Waals surface area contributed by atoms with E-state index in [0.717, 1.165) is 54.7 Å². The minimum atomic E-state index is -0.828. The zero-order valence-corrected chi connectivity index (χ0v) is 20.4. The second-order valence-corrected chi connectivity index (χ2v) is 9.51. The van der Waals surface area contributed by atoms with Crippen molar-refractivity contribution in [2.45, 2.75) is 58.3 Å². The van der Waals surface area contributed by atoms with Gasteiger partial charge >= 0.3 is 0 Å². The van der Waals surface area contributed by atoms with E-state index in [1.807, 2.05) is 24.3 Å². The third-order valence-electron chi connectivity index (χ3n) is 7.08. The van der Waals surface area contributed by atoms with Crippen LogP contribution in [0.1, 0.15) is 63.0 Å². The first-order valence-corrected chi connectivity index (χ1v) is 12.7. The highest BCUT2D eigenvalue weighted by Crippen LogP contribution is 2.35. The molecule has 35 heavy (non-hydrogen) atoms. The molecule has 1 atom stereocenters. The van der Waals surface area contributed by atoms with Crippen LogP contribution >= 0.6 is 0 Å². The molecule has 0 N–H and O–H groups in total. The van der Waals surface area contributed by atoms with Crippen LogP contribution in [0.3, 0.4) is 0 Å². The van der Waals surface area contributed by atoms with Gasteiger partial charge in [0.15, 0.2) is 11.6 Å². The van der Waals surface area contributed by atoms with Crippen molar-refractivity contribution in [2.24, 2.45) is 5.92 Å². The smallest absolute Gasteiger partial charge is 0.166 e. The molecule has 1 aliphatic carbocycles. The Morgan fingerprint density at radius 3 is 2.26 bits per heavy atom. The highest BCUT2D eigenvalue weighted by atomic mass is 19.2. The van der Waals surface area contributed by atoms with Gasteiger partial charge in [-0.2, -0.15) is 0 Å². The number of allylic oxidation sites excluding steroid dienone is 3. The molecule has 0 radical (unpaired) electrons. The van der Waals surface area contributed by atoms with Crippen LogP contribution in [-0.2, 0) is 6.42 Å². The van der Waals surface area contributed by atoms with Gasteiger partial charge in [-0.3, -0.25) is 0 Å². The van der Waals surface area contributed by atoms with E-state index in [-0.39, 0.29) is 11.4 Å².